The molecule has 0 aliphatic rings. The van der Waals surface area contributed by atoms with Crippen LogP contribution in [-0.4, -0.2) is 17.8 Å². The molecule has 4 heteroatoms. The van der Waals surface area contributed by atoms with Gasteiger partial charge in [0.05, 0.1) is 0 Å². The zero-order valence-corrected chi connectivity index (χ0v) is 6.16. The number of halogens is 1. The highest BCUT2D eigenvalue weighted by atomic mass is 19.1. The van der Waals surface area contributed by atoms with E-state index in [9.17, 15) is 9.18 Å². The lowest BCUT2D eigenvalue weighted by atomic mass is 10.3. The van der Waals surface area contributed by atoms with Gasteiger partial charge in [0.2, 0.25) is 0 Å². The molecule has 0 aromatic heterocycles. The molecule has 0 amide bonds. The lowest BCUT2D eigenvalue weighted by Crippen LogP contribution is -2.09. The van der Waals surface area contributed by atoms with Crippen molar-refractivity contribution in [1.82, 2.24) is 0 Å². The first kappa shape index (κ1) is 8.52. The van der Waals surface area contributed by atoms with Gasteiger partial charge in [0.25, 0.3) is 0 Å². The van der Waals surface area contributed by atoms with Gasteiger partial charge in [0, 0.05) is 0 Å². The van der Waals surface area contributed by atoms with Crippen LogP contribution in [0.4, 0.5) is 4.39 Å². The maximum absolute atomic E-state index is 11.6. The van der Waals surface area contributed by atoms with Crippen LogP contribution in [0.3, 0.4) is 0 Å². The van der Waals surface area contributed by atoms with Crippen molar-refractivity contribution in [3.05, 3.63) is 24.3 Å². The van der Waals surface area contributed by atoms with E-state index in [1.807, 2.05) is 0 Å². The largest absolute Gasteiger partial charge is 0.504 e. The number of phenols is 1. The summed E-state index contributed by atoms with van der Waals surface area (Å²) >= 11 is 0. The summed E-state index contributed by atoms with van der Waals surface area (Å²) in [5.74, 6) is -1.23. The van der Waals surface area contributed by atoms with E-state index in [0.717, 1.165) is 0 Å². The van der Waals surface area contributed by atoms with E-state index < -0.39 is 12.6 Å². The molecule has 0 unspecified atom stereocenters. The number of aromatic hydroxyl groups is 1. The van der Waals surface area contributed by atoms with E-state index in [1.165, 1.54) is 12.1 Å². The predicted octanol–water partition coefficient (Wildman–Crippen LogP) is 1.27. The number of benzene rings is 1. The van der Waals surface area contributed by atoms with E-state index in [-0.39, 0.29) is 11.5 Å². The second kappa shape index (κ2) is 3.71. The average molecular weight is 170 g/mol. The van der Waals surface area contributed by atoms with Crippen molar-refractivity contribution >= 4 is 5.97 Å². The number of para-hydroxylation sites is 2. The van der Waals surface area contributed by atoms with E-state index in [1.54, 1.807) is 12.1 Å². The van der Waals surface area contributed by atoms with Gasteiger partial charge in [-0.2, -0.15) is 0 Å². The van der Waals surface area contributed by atoms with Crippen LogP contribution in [-0.2, 0) is 4.79 Å². The quantitative estimate of drug-likeness (QED) is 0.537. The third-order valence-corrected chi connectivity index (χ3v) is 1.20. The molecule has 1 aromatic rings. The Balaban J connectivity index is 2.75. The van der Waals surface area contributed by atoms with Gasteiger partial charge in [-0.05, 0) is 12.1 Å². The Labute approximate surface area is 68.4 Å². The van der Waals surface area contributed by atoms with Gasteiger partial charge in [0.1, 0.15) is 0 Å². The summed E-state index contributed by atoms with van der Waals surface area (Å²) < 4.78 is 16.1. The van der Waals surface area contributed by atoms with Crippen molar-refractivity contribution < 1.29 is 19.0 Å². The molecule has 0 heterocycles. The van der Waals surface area contributed by atoms with E-state index in [0.29, 0.717) is 0 Å². The number of esters is 1. The van der Waals surface area contributed by atoms with Crippen molar-refractivity contribution in [3.63, 3.8) is 0 Å². The summed E-state index contributed by atoms with van der Waals surface area (Å²) in [6, 6.07) is 5.87. The zero-order valence-electron chi connectivity index (χ0n) is 6.16. The summed E-state index contributed by atoms with van der Waals surface area (Å²) in [5, 5.41) is 9.06. The van der Waals surface area contributed by atoms with E-state index >= 15 is 0 Å². The monoisotopic (exact) mass is 170 g/mol. The molecule has 0 radical (unpaired) electrons. The lowest BCUT2D eigenvalue weighted by Gasteiger charge is -2.02. The van der Waals surface area contributed by atoms with E-state index in [4.69, 9.17) is 5.11 Å². The molecular formula is C8H7FO3. The summed E-state index contributed by atoms with van der Waals surface area (Å²) in [5.41, 5.74) is 0. The summed E-state index contributed by atoms with van der Waals surface area (Å²) in [7, 11) is 0. The number of hydrogen-bond acceptors (Lipinski definition) is 3. The summed E-state index contributed by atoms with van der Waals surface area (Å²) in [4.78, 5) is 10.4. The van der Waals surface area contributed by atoms with E-state index in [2.05, 4.69) is 4.74 Å². The highest BCUT2D eigenvalue weighted by Crippen LogP contribution is 2.24. The molecule has 0 fully saturated rings. The predicted molar refractivity (Wildman–Crippen MR) is 39.7 cm³/mol. The third kappa shape index (κ3) is 1.95. The number of phenolic OH excluding ortho intramolecular Hbond substituents is 1. The second-order valence-electron chi connectivity index (χ2n) is 2.08. The molecule has 0 spiro atoms. The Morgan fingerprint density at radius 1 is 1.50 bits per heavy atom. The number of carbonyl (C=O) groups excluding carboxylic acids is 1. The summed E-state index contributed by atoms with van der Waals surface area (Å²) in [6.45, 7) is -1.20. The van der Waals surface area contributed by atoms with Crippen molar-refractivity contribution in [1.29, 1.82) is 0 Å². The van der Waals surface area contributed by atoms with Crippen molar-refractivity contribution in [3.8, 4) is 11.5 Å². The van der Waals surface area contributed by atoms with Crippen molar-refractivity contribution in [2.45, 2.75) is 0 Å². The highest BCUT2D eigenvalue weighted by molar-refractivity contribution is 5.74. The standard InChI is InChI=1S/C8H7FO3/c9-5-8(11)12-7-4-2-1-3-6(7)10/h1-4,10H,5H2. The Kier molecular flexibility index (Phi) is 2.63. The topological polar surface area (TPSA) is 46.5 Å². The normalized spacial score (nSPS) is 9.42. The first-order valence-electron chi connectivity index (χ1n) is 3.28. The molecule has 0 bridgehead atoms. The van der Waals surface area contributed by atoms with Gasteiger partial charge in [0.15, 0.2) is 18.2 Å². The van der Waals surface area contributed by atoms with Crippen LogP contribution in [0.5, 0.6) is 11.5 Å². The fourth-order valence-electron chi connectivity index (χ4n) is 0.693. The van der Waals surface area contributed by atoms with Crippen LogP contribution >= 0.6 is 0 Å². The van der Waals surface area contributed by atoms with Gasteiger partial charge in [-0.1, -0.05) is 12.1 Å². The highest BCUT2D eigenvalue weighted by Gasteiger charge is 2.06. The maximum Gasteiger partial charge on any atom is 0.343 e. The molecule has 1 N–H and O–H groups in total. The lowest BCUT2D eigenvalue weighted by molar-refractivity contribution is -0.135. The van der Waals surface area contributed by atoms with Crippen LogP contribution in [0.2, 0.25) is 0 Å². The molecular weight excluding hydrogens is 163 g/mol. The number of carbonyl (C=O) groups is 1. The van der Waals surface area contributed by atoms with Crippen molar-refractivity contribution in [2.24, 2.45) is 0 Å². The Morgan fingerprint density at radius 2 is 2.17 bits per heavy atom. The van der Waals surface area contributed by atoms with Crippen LogP contribution in [0.25, 0.3) is 0 Å². The number of rotatable bonds is 2. The summed E-state index contributed by atoms with van der Waals surface area (Å²) in [6.07, 6.45) is 0. The van der Waals surface area contributed by atoms with Crippen LogP contribution in [0.15, 0.2) is 24.3 Å². The average Bonchev–Trinajstić information content (AvgIpc) is 2.09. The fraction of sp³-hybridized carbons (Fsp3) is 0.125. The maximum atomic E-state index is 11.6. The van der Waals surface area contributed by atoms with Crippen molar-refractivity contribution in [2.75, 3.05) is 6.67 Å². The molecule has 1 aromatic carbocycles. The smallest absolute Gasteiger partial charge is 0.343 e. The Hall–Kier alpha value is -1.58. The number of alkyl halides is 1. The molecule has 0 aliphatic heterocycles. The second-order valence-corrected chi connectivity index (χ2v) is 2.08. The first-order valence-corrected chi connectivity index (χ1v) is 3.28. The number of ether oxygens (including phenoxy) is 1. The first-order chi connectivity index (χ1) is 5.74. The van der Waals surface area contributed by atoms with Gasteiger partial charge < -0.3 is 9.84 Å². The fourth-order valence-corrected chi connectivity index (χ4v) is 0.693. The molecule has 0 aliphatic carbocycles. The Morgan fingerprint density at radius 3 is 2.75 bits per heavy atom. The van der Waals surface area contributed by atoms with Gasteiger partial charge in [-0.15, -0.1) is 0 Å². The molecule has 0 saturated heterocycles. The SMILES string of the molecule is O=C(CF)Oc1ccccc1O. The van der Waals surface area contributed by atoms with Crippen LogP contribution in [0.1, 0.15) is 0 Å². The van der Waals surface area contributed by atoms with Crippen LogP contribution in [0, 0.1) is 0 Å². The zero-order chi connectivity index (χ0) is 8.97. The van der Waals surface area contributed by atoms with Crippen LogP contribution < -0.4 is 4.74 Å². The Bertz CT molecular complexity index is 285. The molecule has 0 atom stereocenters. The molecule has 1 rings (SSSR count). The number of hydrogen-bond donors (Lipinski definition) is 1. The van der Waals surface area contributed by atoms with Gasteiger partial charge in [-0.25, -0.2) is 9.18 Å². The minimum atomic E-state index is -1.20. The van der Waals surface area contributed by atoms with Gasteiger partial charge in [-0.3, -0.25) is 0 Å². The minimum absolute atomic E-state index is 0.0276. The molecule has 12 heavy (non-hydrogen) atoms. The third-order valence-electron chi connectivity index (χ3n) is 1.20. The molecule has 0 saturated carbocycles. The minimum Gasteiger partial charge on any atom is -0.504 e. The molecule has 3 nitrogen and oxygen atoms in total. The molecule has 64 valence electrons. The van der Waals surface area contributed by atoms with Gasteiger partial charge >= 0.3 is 5.97 Å².